The minimum Gasteiger partial charge on any atom is -0.354 e. The smallest absolute Gasteiger partial charge is 0.270 e. The van der Waals surface area contributed by atoms with Crippen LogP contribution < -0.4 is 16.2 Å². The van der Waals surface area contributed by atoms with Crippen molar-refractivity contribution >= 4 is 11.8 Å². The van der Waals surface area contributed by atoms with Crippen molar-refractivity contribution in [2.75, 3.05) is 6.54 Å². The Kier molecular flexibility index (Phi) is 3.72. The number of nitrogens with zero attached hydrogens (tertiary/aromatic N) is 1. The van der Waals surface area contributed by atoms with E-state index in [2.05, 4.69) is 20.6 Å². The van der Waals surface area contributed by atoms with Crippen LogP contribution in [0, 0.1) is 0 Å². The van der Waals surface area contributed by atoms with Gasteiger partial charge in [0.2, 0.25) is 5.91 Å². The van der Waals surface area contributed by atoms with Gasteiger partial charge >= 0.3 is 0 Å². The first-order valence-electron chi connectivity index (χ1n) is 7.33. The molecule has 3 rings (SSSR count). The molecular weight excluding hydrogens is 272 g/mol. The lowest BCUT2D eigenvalue weighted by molar-refractivity contribution is -0.122. The number of aromatic amines is 1. The summed E-state index contributed by atoms with van der Waals surface area (Å²) in [5.74, 6) is 0.183. The molecule has 1 aliphatic heterocycles. The van der Waals surface area contributed by atoms with Crippen LogP contribution in [0.2, 0.25) is 0 Å². The molecule has 1 aromatic heterocycles. The summed E-state index contributed by atoms with van der Waals surface area (Å²) in [5, 5.41) is 5.43. The fourth-order valence-corrected chi connectivity index (χ4v) is 2.45. The minimum atomic E-state index is -0.550. The zero-order valence-corrected chi connectivity index (χ0v) is 11.6. The van der Waals surface area contributed by atoms with E-state index in [4.69, 9.17) is 0 Å². The molecule has 0 bridgehead atoms. The van der Waals surface area contributed by atoms with E-state index in [0.717, 1.165) is 25.7 Å². The molecule has 2 fully saturated rings. The van der Waals surface area contributed by atoms with Gasteiger partial charge in [-0.3, -0.25) is 14.4 Å². The van der Waals surface area contributed by atoms with Crippen molar-refractivity contribution in [2.24, 2.45) is 0 Å². The van der Waals surface area contributed by atoms with E-state index in [0.29, 0.717) is 18.8 Å². The highest BCUT2D eigenvalue weighted by Crippen LogP contribution is 2.37. The van der Waals surface area contributed by atoms with E-state index in [9.17, 15) is 14.4 Å². The van der Waals surface area contributed by atoms with Gasteiger partial charge in [-0.2, -0.15) is 0 Å². The molecule has 7 nitrogen and oxygen atoms in total. The van der Waals surface area contributed by atoms with Crippen LogP contribution in [0.3, 0.4) is 0 Å². The summed E-state index contributed by atoms with van der Waals surface area (Å²) < 4.78 is 0. The second-order valence-electron chi connectivity index (χ2n) is 5.60. The summed E-state index contributed by atoms with van der Waals surface area (Å²) in [5.41, 5.74) is -0.250. The lowest BCUT2D eigenvalue weighted by atomic mass is 10.1. The molecule has 1 atom stereocenters. The maximum absolute atomic E-state index is 12.2. The normalized spacial score (nSPS) is 22.3. The summed E-state index contributed by atoms with van der Waals surface area (Å²) in [6.07, 6.45) is 4.36. The third kappa shape index (κ3) is 3.29. The highest BCUT2D eigenvalue weighted by molar-refractivity contribution is 5.96. The molecule has 7 heteroatoms. The Morgan fingerprint density at radius 2 is 2.05 bits per heavy atom. The average molecular weight is 290 g/mol. The Hall–Kier alpha value is -2.18. The van der Waals surface area contributed by atoms with Crippen LogP contribution in [0.1, 0.15) is 54.3 Å². The maximum atomic E-state index is 12.2. The molecular formula is C14H18N4O3. The Morgan fingerprint density at radius 3 is 2.81 bits per heavy atom. The third-order valence-corrected chi connectivity index (χ3v) is 3.80. The molecule has 1 aromatic rings. The van der Waals surface area contributed by atoms with Crippen molar-refractivity contribution in [3.8, 4) is 0 Å². The minimum absolute atomic E-state index is 0.0812. The molecule has 2 heterocycles. The number of hydrogen-bond donors (Lipinski definition) is 3. The van der Waals surface area contributed by atoms with Gasteiger partial charge in [0.25, 0.3) is 11.5 Å². The molecule has 2 aliphatic rings. The van der Waals surface area contributed by atoms with Crippen molar-refractivity contribution in [1.82, 2.24) is 20.6 Å². The van der Waals surface area contributed by atoms with Gasteiger partial charge in [-0.1, -0.05) is 0 Å². The largest absolute Gasteiger partial charge is 0.354 e. The van der Waals surface area contributed by atoms with Gasteiger partial charge in [0.15, 0.2) is 0 Å². The van der Waals surface area contributed by atoms with Crippen LogP contribution in [-0.4, -0.2) is 34.4 Å². The van der Waals surface area contributed by atoms with Gasteiger partial charge in [-0.15, -0.1) is 0 Å². The van der Waals surface area contributed by atoms with Gasteiger partial charge in [0, 0.05) is 18.5 Å². The number of rotatable bonds is 3. The van der Waals surface area contributed by atoms with Crippen LogP contribution in [0.5, 0.6) is 0 Å². The Bertz CT molecular complexity index is 621. The predicted molar refractivity (Wildman–Crippen MR) is 74.9 cm³/mol. The van der Waals surface area contributed by atoms with E-state index in [1.165, 1.54) is 6.07 Å². The highest BCUT2D eigenvalue weighted by atomic mass is 16.2. The quantitative estimate of drug-likeness (QED) is 0.731. The van der Waals surface area contributed by atoms with Gasteiger partial charge in [0.05, 0.1) is 0 Å². The first-order chi connectivity index (χ1) is 10.1. The van der Waals surface area contributed by atoms with E-state index < -0.39 is 11.9 Å². The molecule has 1 saturated heterocycles. The molecule has 0 spiro atoms. The van der Waals surface area contributed by atoms with Gasteiger partial charge < -0.3 is 15.6 Å². The molecule has 2 amide bonds. The van der Waals surface area contributed by atoms with Crippen molar-refractivity contribution in [3.63, 3.8) is 0 Å². The average Bonchev–Trinajstić information content (AvgIpc) is 3.28. The number of H-pyrrole nitrogens is 1. The Morgan fingerprint density at radius 1 is 1.24 bits per heavy atom. The Balaban J connectivity index is 1.75. The number of amides is 2. The van der Waals surface area contributed by atoms with Gasteiger partial charge in [-0.25, -0.2) is 4.98 Å². The number of carbonyl (C=O) groups excluding carboxylic acids is 2. The molecule has 0 radical (unpaired) electrons. The second kappa shape index (κ2) is 5.67. The van der Waals surface area contributed by atoms with Crippen molar-refractivity contribution < 1.29 is 9.59 Å². The SMILES string of the molecule is O=C(NC1CCCCNC1=O)c1cc(=O)[nH]c(C2CC2)n1. The summed E-state index contributed by atoms with van der Waals surface area (Å²) in [6.45, 7) is 0.639. The molecule has 1 saturated carbocycles. The maximum Gasteiger partial charge on any atom is 0.270 e. The van der Waals surface area contributed by atoms with E-state index in [1.54, 1.807) is 0 Å². The standard InChI is InChI=1S/C14H18N4O3/c19-11-7-10(16-12(18-11)8-4-5-8)14(21)17-9-3-1-2-6-15-13(9)20/h7-9H,1-6H2,(H,15,20)(H,17,21)(H,16,18,19). The van der Waals surface area contributed by atoms with E-state index in [1.807, 2.05) is 0 Å². The Labute approximate surface area is 121 Å². The topological polar surface area (TPSA) is 104 Å². The van der Waals surface area contributed by atoms with Crippen LogP contribution in [0.4, 0.5) is 0 Å². The van der Waals surface area contributed by atoms with Crippen molar-refractivity contribution in [2.45, 2.75) is 44.1 Å². The zero-order valence-electron chi connectivity index (χ0n) is 11.6. The van der Waals surface area contributed by atoms with Crippen LogP contribution in [-0.2, 0) is 4.79 Å². The van der Waals surface area contributed by atoms with Crippen LogP contribution >= 0.6 is 0 Å². The van der Waals surface area contributed by atoms with Crippen molar-refractivity contribution in [3.05, 3.63) is 27.9 Å². The monoisotopic (exact) mass is 290 g/mol. The van der Waals surface area contributed by atoms with Gasteiger partial charge in [0.1, 0.15) is 17.6 Å². The predicted octanol–water partition coefficient (Wildman–Crippen LogP) is 0.0458. The highest BCUT2D eigenvalue weighted by Gasteiger charge is 2.28. The first kappa shape index (κ1) is 13.8. The van der Waals surface area contributed by atoms with Gasteiger partial charge in [-0.05, 0) is 32.1 Å². The third-order valence-electron chi connectivity index (χ3n) is 3.80. The van der Waals surface area contributed by atoms with E-state index >= 15 is 0 Å². The van der Waals surface area contributed by atoms with Crippen molar-refractivity contribution in [1.29, 1.82) is 0 Å². The lowest BCUT2D eigenvalue weighted by Crippen LogP contribution is -2.45. The summed E-state index contributed by atoms with van der Waals surface area (Å²) >= 11 is 0. The second-order valence-corrected chi connectivity index (χ2v) is 5.60. The molecule has 1 unspecified atom stereocenters. The lowest BCUT2D eigenvalue weighted by Gasteiger charge is -2.14. The zero-order chi connectivity index (χ0) is 14.8. The molecule has 112 valence electrons. The van der Waals surface area contributed by atoms with E-state index in [-0.39, 0.29) is 23.1 Å². The molecule has 21 heavy (non-hydrogen) atoms. The van der Waals surface area contributed by atoms with Crippen LogP contribution in [0.15, 0.2) is 10.9 Å². The van der Waals surface area contributed by atoms with Crippen LogP contribution in [0.25, 0.3) is 0 Å². The number of carbonyl (C=O) groups is 2. The fourth-order valence-electron chi connectivity index (χ4n) is 2.45. The molecule has 0 aromatic carbocycles. The first-order valence-corrected chi connectivity index (χ1v) is 7.33. The number of aromatic nitrogens is 2. The summed E-state index contributed by atoms with van der Waals surface area (Å²) in [7, 11) is 0. The summed E-state index contributed by atoms with van der Waals surface area (Å²) in [6, 6.07) is 0.626. The fraction of sp³-hybridized carbons (Fsp3) is 0.571. The summed E-state index contributed by atoms with van der Waals surface area (Å²) in [4.78, 5) is 42.5. The molecule has 1 aliphatic carbocycles. The molecule has 3 N–H and O–H groups in total. The number of hydrogen-bond acceptors (Lipinski definition) is 4. The number of nitrogens with one attached hydrogen (secondary N) is 3.